The van der Waals surface area contributed by atoms with Gasteiger partial charge >= 0.3 is 0 Å². The summed E-state index contributed by atoms with van der Waals surface area (Å²) < 4.78 is 0. The van der Waals surface area contributed by atoms with Crippen LogP contribution >= 0.6 is 0 Å². The fourth-order valence-electron chi connectivity index (χ4n) is 4.07. The van der Waals surface area contributed by atoms with Gasteiger partial charge in [0.2, 0.25) is 11.8 Å². The average Bonchev–Trinajstić information content (AvgIpc) is 3.48. The third kappa shape index (κ3) is 4.28. The lowest BCUT2D eigenvalue weighted by Gasteiger charge is -2.25. The van der Waals surface area contributed by atoms with Crippen LogP contribution in [-0.2, 0) is 9.59 Å². The smallest absolute Gasteiger partial charge is 0.240 e. The normalized spacial score (nSPS) is 18.6. The van der Waals surface area contributed by atoms with Gasteiger partial charge in [0, 0.05) is 30.5 Å². The maximum atomic E-state index is 12.9. The lowest BCUT2D eigenvalue weighted by atomic mass is 9.94. The first-order valence-corrected chi connectivity index (χ1v) is 10.5. The van der Waals surface area contributed by atoms with Gasteiger partial charge in [-0.2, -0.15) is 0 Å². The standard InChI is InChI=1S/C22H33N3O2/c1-4-25(5-2)18-11-12-19(16(3)15-18)24-21(27)22(13-14-22)20(26)23-17-9-7-6-8-10-17/h11-12,15,17H,4-10,13-14H2,1-3H3,(H,23,26)(H,24,27). The Morgan fingerprint density at radius 1 is 1.07 bits per heavy atom. The molecule has 2 amide bonds. The van der Waals surface area contributed by atoms with E-state index in [1.54, 1.807) is 0 Å². The summed E-state index contributed by atoms with van der Waals surface area (Å²) in [5, 5.41) is 6.15. The third-order valence-electron chi connectivity index (χ3n) is 6.15. The number of anilines is 2. The molecule has 27 heavy (non-hydrogen) atoms. The number of carbonyl (C=O) groups excluding carboxylic acids is 2. The molecule has 148 valence electrons. The summed E-state index contributed by atoms with van der Waals surface area (Å²) in [5.74, 6) is -0.237. The molecule has 0 spiro atoms. The molecule has 0 bridgehead atoms. The first kappa shape index (κ1) is 19.7. The number of nitrogens with zero attached hydrogens (tertiary/aromatic N) is 1. The number of nitrogens with one attached hydrogen (secondary N) is 2. The minimum Gasteiger partial charge on any atom is -0.372 e. The number of carbonyl (C=O) groups is 2. The van der Waals surface area contributed by atoms with Crippen molar-refractivity contribution in [2.75, 3.05) is 23.3 Å². The Morgan fingerprint density at radius 2 is 1.74 bits per heavy atom. The van der Waals surface area contributed by atoms with Crippen LogP contribution in [0.5, 0.6) is 0 Å². The fraction of sp³-hybridized carbons (Fsp3) is 0.636. The number of hydrogen-bond acceptors (Lipinski definition) is 3. The molecular formula is C22H33N3O2. The summed E-state index contributed by atoms with van der Waals surface area (Å²) in [6, 6.07) is 6.34. The minimum atomic E-state index is -0.860. The van der Waals surface area contributed by atoms with E-state index >= 15 is 0 Å². The molecule has 1 aromatic carbocycles. The van der Waals surface area contributed by atoms with Crippen LogP contribution in [0, 0.1) is 12.3 Å². The summed E-state index contributed by atoms with van der Waals surface area (Å²) in [4.78, 5) is 27.9. The molecule has 2 fully saturated rings. The van der Waals surface area contributed by atoms with Crippen molar-refractivity contribution in [3.63, 3.8) is 0 Å². The lowest BCUT2D eigenvalue weighted by molar-refractivity contribution is -0.135. The molecule has 2 aliphatic carbocycles. The second-order valence-electron chi connectivity index (χ2n) is 8.02. The Labute approximate surface area is 162 Å². The zero-order valence-corrected chi connectivity index (χ0v) is 16.9. The number of rotatable bonds is 7. The van der Waals surface area contributed by atoms with Crippen molar-refractivity contribution in [2.45, 2.75) is 71.8 Å². The highest BCUT2D eigenvalue weighted by Crippen LogP contribution is 2.47. The molecule has 2 aliphatic rings. The quantitative estimate of drug-likeness (QED) is 0.712. The Morgan fingerprint density at radius 3 is 2.30 bits per heavy atom. The maximum absolute atomic E-state index is 12.9. The van der Waals surface area contributed by atoms with E-state index < -0.39 is 5.41 Å². The van der Waals surface area contributed by atoms with Gasteiger partial charge in [-0.15, -0.1) is 0 Å². The molecule has 0 heterocycles. The van der Waals surface area contributed by atoms with Crippen molar-refractivity contribution in [3.8, 4) is 0 Å². The van der Waals surface area contributed by atoms with Crippen LogP contribution in [0.3, 0.4) is 0 Å². The van der Waals surface area contributed by atoms with Crippen LogP contribution < -0.4 is 15.5 Å². The topological polar surface area (TPSA) is 61.4 Å². The van der Waals surface area contributed by atoms with Gasteiger partial charge in [0.25, 0.3) is 0 Å². The molecule has 0 aromatic heterocycles. The highest BCUT2D eigenvalue weighted by Gasteiger charge is 2.56. The molecule has 2 saturated carbocycles. The number of benzene rings is 1. The van der Waals surface area contributed by atoms with Gasteiger partial charge in [-0.25, -0.2) is 0 Å². The molecule has 0 atom stereocenters. The summed E-state index contributed by atoms with van der Waals surface area (Å²) in [6.07, 6.45) is 6.96. The number of amides is 2. The molecule has 0 unspecified atom stereocenters. The van der Waals surface area contributed by atoms with Gasteiger partial charge in [0.1, 0.15) is 5.41 Å². The Balaban J connectivity index is 1.65. The Bertz CT molecular complexity index is 687. The van der Waals surface area contributed by atoms with Crippen molar-refractivity contribution < 1.29 is 9.59 Å². The summed E-state index contributed by atoms with van der Waals surface area (Å²) in [7, 11) is 0. The molecule has 1 aromatic rings. The van der Waals surface area contributed by atoms with Gasteiger partial charge in [0.05, 0.1) is 0 Å². The van der Waals surface area contributed by atoms with E-state index in [0.29, 0.717) is 12.8 Å². The summed E-state index contributed by atoms with van der Waals surface area (Å²) >= 11 is 0. The van der Waals surface area contributed by atoms with Crippen molar-refractivity contribution in [1.82, 2.24) is 5.32 Å². The van der Waals surface area contributed by atoms with Crippen molar-refractivity contribution in [2.24, 2.45) is 5.41 Å². The van der Waals surface area contributed by atoms with Crippen LogP contribution in [-0.4, -0.2) is 30.9 Å². The van der Waals surface area contributed by atoms with Crippen LogP contribution in [0.25, 0.3) is 0 Å². The van der Waals surface area contributed by atoms with Crippen LogP contribution in [0.15, 0.2) is 18.2 Å². The highest BCUT2D eigenvalue weighted by molar-refractivity contribution is 6.13. The number of hydrogen-bond donors (Lipinski definition) is 2. The van der Waals surface area contributed by atoms with Gasteiger partial charge in [-0.3, -0.25) is 9.59 Å². The van der Waals surface area contributed by atoms with Crippen molar-refractivity contribution in [3.05, 3.63) is 23.8 Å². The van der Waals surface area contributed by atoms with E-state index in [4.69, 9.17) is 0 Å². The molecule has 5 heteroatoms. The van der Waals surface area contributed by atoms with E-state index in [1.165, 1.54) is 19.3 Å². The van der Waals surface area contributed by atoms with E-state index in [-0.39, 0.29) is 17.9 Å². The van der Waals surface area contributed by atoms with Gasteiger partial charge in [-0.1, -0.05) is 19.3 Å². The second-order valence-corrected chi connectivity index (χ2v) is 8.02. The monoisotopic (exact) mass is 371 g/mol. The van der Waals surface area contributed by atoms with Gasteiger partial charge < -0.3 is 15.5 Å². The van der Waals surface area contributed by atoms with Gasteiger partial charge in [0.15, 0.2) is 0 Å². The predicted molar refractivity (Wildman–Crippen MR) is 110 cm³/mol. The van der Waals surface area contributed by atoms with E-state index in [0.717, 1.165) is 42.9 Å². The average molecular weight is 372 g/mol. The SMILES string of the molecule is CCN(CC)c1ccc(NC(=O)C2(C(=O)NC3CCCCC3)CC2)c(C)c1. The molecule has 2 N–H and O–H groups in total. The minimum absolute atomic E-state index is 0.0793. The largest absolute Gasteiger partial charge is 0.372 e. The fourth-order valence-corrected chi connectivity index (χ4v) is 4.07. The first-order chi connectivity index (χ1) is 13.0. The summed E-state index contributed by atoms with van der Waals surface area (Å²) in [6.45, 7) is 8.18. The zero-order valence-electron chi connectivity index (χ0n) is 16.9. The molecule has 0 saturated heterocycles. The van der Waals surface area contributed by atoms with E-state index in [9.17, 15) is 9.59 Å². The number of aryl methyl sites for hydroxylation is 1. The van der Waals surface area contributed by atoms with Crippen LogP contribution in [0.4, 0.5) is 11.4 Å². The van der Waals surface area contributed by atoms with Crippen molar-refractivity contribution in [1.29, 1.82) is 0 Å². The Hall–Kier alpha value is -2.04. The lowest BCUT2D eigenvalue weighted by Crippen LogP contribution is -2.45. The van der Waals surface area contributed by atoms with Crippen LogP contribution in [0.1, 0.15) is 64.4 Å². The van der Waals surface area contributed by atoms with Gasteiger partial charge in [-0.05, 0) is 70.2 Å². The predicted octanol–water partition coefficient (Wildman–Crippen LogP) is 4.01. The second kappa shape index (κ2) is 8.32. The van der Waals surface area contributed by atoms with E-state index in [2.05, 4.69) is 35.4 Å². The Kier molecular flexibility index (Phi) is 6.08. The third-order valence-corrected chi connectivity index (χ3v) is 6.15. The zero-order chi connectivity index (χ0) is 19.4. The first-order valence-electron chi connectivity index (χ1n) is 10.5. The van der Waals surface area contributed by atoms with Crippen LogP contribution in [0.2, 0.25) is 0 Å². The molecule has 0 aliphatic heterocycles. The maximum Gasteiger partial charge on any atom is 0.240 e. The molecule has 0 radical (unpaired) electrons. The molecule has 3 rings (SSSR count). The molecule has 5 nitrogen and oxygen atoms in total. The highest BCUT2D eigenvalue weighted by atomic mass is 16.2. The molecular weight excluding hydrogens is 338 g/mol. The van der Waals surface area contributed by atoms with E-state index in [1.807, 2.05) is 19.1 Å². The van der Waals surface area contributed by atoms with Crippen molar-refractivity contribution >= 4 is 23.2 Å². The summed E-state index contributed by atoms with van der Waals surface area (Å²) in [5.41, 5.74) is 2.12.